The van der Waals surface area contributed by atoms with Crippen molar-refractivity contribution in [3.05, 3.63) is 0 Å². The molecule has 5 atom stereocenters. The number of aliphatic hydroxyl groups excluding tert-OH is 2. The first-order valence-electron chi connectivity index (χ1n) is 18.1. The van der Waals surface area contributed by atoms with E-state index in [2.05, 4.69) is 52.1 Å². The average molecular weight is 652 g/mol. The molecule has 4 aliphatic rings. The maximum Gasteiger partial charge on any atom is 0.104 e. The van der Waals surface area contributed by atoms with Gasteiger partial charge in [-0.05, 0) is 63.2 Å². The first-order valence-corrected chi connectivity index (χ1v) is 18.7. The number of unbranched alkanes of at least 4 members (excludes halogenated alkanes) is 4. The molecule has 4 fully saturated rings. The van der Waals surface area contributed by atoms with Crippen LogP contribution in [0.1, 0.15) is 118 Å². The molecule has 1 saturated carbocycles. The van der Waals surface area contributed by atoms with E-state index in [9.17, 15) is 0 Å². The van der Waals surface area contributed by atoms with Crippen molar-refractivity contribution in [3.63, 3.8) is 0 Å². The third-order valence-electron chi connectivity index (χ3n) is 7.76. The van der Waals surface area contributed by atoms with Gasteiger partial charge in [-0.2, -0.15) is 12.6 Å². The van der Waals surface area contributed by atoms with Crippen molar-refractivity contribution < 1.29 is 33.9 Å². The zero-order chi connectivity index (χ0) is 32.7. The SMILES string of the molecule is CCCC1CCC2OC2C1.CCCCN1CCOCC1.CCCCOCC(O)CO.CCCCOCC1CO1.CCCCS. The standard InChI is InChI=1S/C9H16O.C8H17NO.C7H16O3.C7H14O2.C4H10S/c1-2-3-7-4-5-8-9(6-7)10-8;1-2-3-4-9-5-7-10-8-6-9;1-2-3-4-10-6-7(9)5-8;1-2-3-4-8-5-7-6-9-7;1-2-3-4-5/h7-9H,2-6H2,1H3;2-8H2,1H3;7-9H,2-6H2,1H3;7H,2-6H2,1H3;5H,2-4H2,1H3. The molecule has 0 aromatic heterocycles. The number of epoxide rings is 2. The second-order valence-electron chi connectivity index (χ2n) is 12.2. The second kappa shape index (κ2) is 33.0. The van der Waals surface area contributed by atoms with Crippen molar-refractivity contribution in [2.75, 3.05) is 78.2 Å². The van der Waals surface area contributed by atoms with Crippen molar-refractivity contribution in [2.24, 2.45) is 5.92 Å². The van der Waals surface area contributed by atoms with Crippen molar-refractivity contribution in [1.29, 1.82) is 0 Å². The Balaban J connectivity index is 0.000000534. The topological polar surface area (TPSA) is 96.5 Å². The smallest absolute Gasteiger partial charge is 0.104 e. The summed E-state index contributed by atoms with van der Waals surface area (Å²) < 4.78 is 25.9. The Morgan fingerprint density at radius 2 is 1.48 bits per heavy atom. The maximum atomic E-state index is 8.78. The van der Waals surface area contributed by atoms with Gasteiger partial charge in [0.15, 0.2) is 0 Å². The highest BCUT2D eigenvalue weighted by atomic mass is 32.1. The molecule has 0 bridgehead atoms. The van der Waals surface area contributed by atoms with Crippen molar-refractivity contribution >= 4 is 12.6 Å². The third-order valence-corrected chi connectivity index (χ3v) is 8.08. The number of hydrogen-bond donors (Lipinski definition) is 3. The molecule has 3 aliphatic heterocycles. The predicted molar refractivity (Wildman–Crippen MR) is 186 cm³/mol. The molecule has 5 unspecified atom stereocenters. The Morgan fingerprint density at radius 1 is 0.841 bits per heavy atom. The van der Waals surface area contributed by atoms with Gasteiger partial charge in [0.2, 0.25) is 0 Å². The van der Waals surface area contributed by atoms with Crippen LogP contribution in [-0.4, -0.2) is 118 Å². The fourth-order valence-electron chi connectivity index (χ4n) is 4.67. The number of fused-ring (bicyclic) bond motifs is 1. The summed E-state index contributed by atoms with van der Waals surface area (Å²) in [6.07, 6.45) is 17.6. The number of hydrogen-bond acceptors (Lipinski definition) is 9. The Hall–Kier alpha value is 0.0300. The summed E-state index contributed by atoms with van der Waals surface area (Å²) in [6, 6.07) is 0. The molecule has 3 heterocycles. The molecule has 0 spiro atoms. The van der Waals surface area contributed by atoms with Crippen molar-refractivity contribution in [2.45, 2.75) is 143 Å². The lowest BCUT2D eigenvalue weighted by Gasteiger charge is -2.26. The van der Waals surface area contributed by atoms with Crippen LogP contribution in [0.4, 0.5) is 0 Å². The van der Waals surface area contributed by atoms with Gasteiger partial charge in [-0.25, -0.2) is 0 Å². The van der Waals surface area contributed by atoms with Gasteiger partial charge in [0.1, 0.15) is 12.2 Å². The van der Waals surface area contributed by atoms with Crippen molar-refractivity contribution in [1.82, 2.24) is 4.90 Å². The van der Waals surface area contributed by atoms with Gasteiger partial charge in [-0.1, -0.05) is 73.1 Å². The summed E-state index contributed by atoms with van der Waals surface area (Å²) in [4.78, 5) is 2.48. The molecular formula is C35H73NO7S. The Kier molecular flexibility index (Phi) is 33.0. The van der Waals surface area contributed by atoms with E-state index in [1.54, 1.807) is 0 Å². The molecule has 1 aliphatic carbocycles. The largest absolute Gasteiger partial charge is 0.394 e. The molecule has 9 heteroatoms. The monoisotopic (exact) mass is 652 g/mol. The van der Waals surface area contributed by atoms with E-state index in [4.69, 9.17) is 33.9 Å². The van der Waals surface area contributed by atoms with E-state index in [1.807, 2.05) is 0 Å². The first-order chi connectivity index (χ1) is 21.5. The lowest BCUT2D eigenvalue weighted by molar-refractivity contribution is 0.00557. The van der Waals surface area contributed by atoms with E-state index in [-0.39, 0.29) is 13.2 Å². The minimum atomic E-state index is -0.711. The van der Waals surface area contributed by atoms with Crippen LogP contribution >= 0.6 is 12.6 Å². The average Bonchev–Trinajstić information content (AvgIpc) is 3.99. The highest BCUT2D eigenvalue weighted by molar-refractivity contribution is 7.80. The third kappa shape index (κ3) is 29.4. The molecule has 0 radical (unpaired) electrons. The molecule has 4 rings (SSSR count). The zero-order valence-electron chi connectivity index (χ0n) is 29.4. The highest BCUT2D eigenvalue weighted by Gasteiger charge is 2.43. The van der Waals surface area contributed by atoms with Crippen LogP contribution in [0.25, 0.3) is 0 Å². The van der Waals surface area contributed by atoms with Crippen LogP contribution in [0.3, 0.4) is 0 Å². The van der Waals surface area contributed by atoms with Gasteiger partial charge < -0.3 is 33.9 Å². The summed E-state index contributed by atoms with van der Waals surface area (Å²) >= 11 is 4.00. The first kappa shape index (κ1) is 44.0. The van der Waals surface area contributed by atoms with Crippen LogP contribution in [0, 0.1) is 5.92 Å². The molecule has 0 amide bonds. The van der Waals surface area contributed by atoms with Crippen LogP contribution in [0.2, 0.25) is 0 Å². The fraction of sp³-hybridized carbons (Fsp3) is 1.00. The number of morpholine rings is 1. The predicted octanol–water partition coefficient (Wildman–Crippen LogP) is 6.55. The number of rotatable bonds is 18. The fourth-order valence-corrected chi connectivity index (χ4v) is 4.98. The number of aliphatic hydroxyl groups is 2. The Labute approximate surface area is 277 Å². The van der Waals surface area contributed by atoms with Gasteiger partial charge in [0, 0.05) is 26.3 Å². The summed E-state index contributed by atoms with van der Waals surface area (Å²) in [7, 11) is 0. The van der Waals surface area contributed by atoms with Crippen LogP contribution in [-0.2, 0) is 23.7 Å². The van der Waals surface area contributed by atoms with Crippen LogP contribution < -0.4 is 0 Å². The molecule has 44 heavy (non-hydrogen) atoms. The molecule has 0 aromatic rings. The summed E-state index contributed by atoms with van der Waals surface area (Å²) in [5, 5.41) is 17.1. The second-order valence-corrected chi connectivity index (χ2v) is 12.7. The Morgan fingerprint density at radius 3 is 1.98 bits per heavy atom. The zero-order valence-corrected chi connectivity index (χ0v) is 30.3. The quantitative estimate of drug-likeness (QED) is 0.0873. The summed E-state index contributed by atoms with van der Waals surface area (Å²) in [5.41, 5.74) is 0. The van der Waals surface area contributed by atoms with Gasteiger partial charge >= 0.3 is 0 Å². The number of ether oxygens (including phenoxy) is 5. The minimum absolute atomic E-state index is 0.216. The maximum absolute atomic E-state index is 8.78. The van der Waals surface area contributed by atoms with E-state index >= 15 is 0 Å². The molecule has 266 valence electrons. The van der Waals surface area contributed by atoms with E-state index in [0.717, 1.165) is 70.6 Å². The number of thiol groups is 1. The molecule has 2 N–H and O–H groups in total. The lowest BCUT2D eigenvalue weighted by Crippen LogP contribution is -2.36. The lowest BCUT2D eigenvalue weighted by atomic mass is 9.86. The van der Waals surface area contributed by atoms with E-state index in [0.29, 0.717) is 24.9 Å². The van der Waals surface area contributed by atoms with Gasteiger partial charge in [0.05, 0.1) is 51.8 Å². The highest BCUT2D eigenvalue weighted by Crippen LogP contribution is 2.40. The molecule has 8 nitrogen and oxygen atoms in total. The van der Waals surface area contributed by atoms with Gasteiger partial charge in [0.25, 0.3) is 0 Å². The Bertz CT molecular complexity index is 565. The van der Waals surface area contributed by atoms with Crippen molar-refractivity contribution in [3.8, 4) is 0 Å². The summed E-state index contributed by atoms with van der Waals surface area (Å²) in [6.45, 7) is 19.6. The van der Waals surface area contributed by atoms with E-state index in [1.165, 1.54) is 77.2 Å². The molecular weight excluding hydrogens is 578 g/mol. The normalized spacial score (nSPS) is 24.0. The van der Waals surface area contributed by atoms with Crippen LogP contribution in [0.15, 0.2) is 0 Å². The molecule has 0 aromatic carbocycles. The number of nitrogens with zero attached hydrogens (tertiary/aromatic N) is 1. The van der Waals surface area contributed by atoms with Crippen LogP contribution in [0.5, 0.6) is 0 Å². The van der Waals surface area contributed by atoms with E-state index < -0.39 is 6.10 Å². The minimum Gasteiger partial charge on any atom is -0.394 e. The summed E-state index contributed by atoms with van der Waals surface area (Å²) in [5.74, 6) is 2.03. The van der Waals surface area contributed by atoms with Gasteiger partial charge in [-0.3, -0.25) is 4.90 Å². The van der Waals surface area contributed by atoms with Gasteiger partial charge in [-0.15, -0.1) is 0 Å². The molecule has 3 saturated heterocycles.